The van der Waals surface area contributed by atoms with Crippen molar-refractivity contribution in [2.75, 3.05) is 13.3 Å². The van der Waals surface area contributed by atoms with E-state index in [1.165, 1.54) is 61.0 Å². The second-order valence-corrected chi connectivity index (χ2v) is 6.86. The maximum absolute atomic E-state index is 13.3. The van der Waals surface area contributed by atoms with E-state index in [0.717, 1.165) is 6.07 Å². The second-order valence-electron chi connectivity index (χ2n) is 6.02. The number of hydrogen-bond donors (Lipinski definition) is 0. The predicted molar refractivity (Wildman–Crippen MR) is 103 cm³/mol. The summed E-state index contributed by atoms with van der Waals surface area (Å²) in [5.74, 6) is -1.73. The molecule has 1 amide bonds. The molecule has 28 heavy (non-hydrogen) atoms. The van der Waals surface area contributed by atoms with E-state index in [-0.39, 0.29) is 17.8 Å². The number of likely N-dealkylation sites (N-methyl/N-ethyl adjacent to an activating group) is 1. The number of amides is 1. The van der Waals surface area contributed by atoms with Gasteiger partial charge in [0.2, 0.25) is 0 Å². The van der Waals surface area contributed by atoms with Crippen molar-refractivity contribution in [2.24, 2.45) is 0 Å². The Hall–Kier alpha value is -2.94. The van der Waals surface area contributed by atoms with Gasteiger partial charge in [0.05, 0.1) is 15.4 Å². The van der Waals surface area contributed by atoms with Crippen LogP contribution in [0.5, 0.6) is 0 Å². The van der Waals surface area contributed by atoms with Gasteiger partial charge < -0.3 is 9.64 Å². The summed E-state index contributed by atoms with van der Waals surface area (Å²) in [7, 11) is 1.51. The van der Waals surface area contributed by atoms with E-state index in [9.17, 15) is 24.1 Å². The molecule has 2 aromatic carbocycles. The molecule has 148 valence electrons. The van der Waals surface area contributed by atoms with Gasteiger partial charge >= 0.3 is 5.97 Å². The summed E-state index contributed by atoms with van der Waals surface area (Å²) in [5.41, 5.74) is 0.374. The summed E-state index contributed by atoms with van der Waals surface area (Å²) in [4.78, 5) is 37.0. The Morgan fingerprint density at radius 1 is 1.29 bits per heavy atom. The summed E-state index contributed by atoms with van der Waals surface area (Å²) in [5, 5.41) is 11.1. The predicted octanol–water partition coefficient (Wildman–Crippen LogP) is 3.66. The van der Waals surface area contributed by atoms with E-state index >= 15 is 0 Å². The van der Waals surface area contributed by atoms with Gasteiger partial charge in [-0.05, 0) is 43.0 Å². The van der Waals surface area contributed by atoms with Crippen molar-refractivity contribution in [3.05, 3.63) is 69.5 Å². The van der Waals surface area contributed by atoms with Crippen LogP contribution in [0, 0.1) is 15.9 Å². The first-order chi connectivity index (χ1) is 13.2. The molecule has 7 nitrogen and oxygen atoms in total. The molecule has 0 fully saturated rings. The highest BCUT2D eigenvalue weighted by atomic mass is 32.2. The van der Waals surface area contributed by atoms with Gasteiger partial charge in [0.1, 0.15) is 5.82 Å². The number of ether oxygens (including phenoxy) is 1. The van der Waals surface area contributed by atoms with Gasteiger partial charge in [-0.2, -0.15) is 0 Å². The Morgan fingerprint density at radius 2 is 2.00 bits per heavy atom. The van der Waals surface area contributed by atoms with Crippen LogP contribution in [0.3, 0.4) is 0 Å². The van der Waals surface area contributed by atoms with Crippen molar-refractivity contribution in [3.8, 4) is 0 Å². The topological polar surface area (TPSA) is 89.8 Å². The number of hydrogen-bond acceptors (Lipinski definition) is 6. The highest BCUT2D eigenvalue weighted by molar-refractivity contribution is 7.98. The van der Waals surface area contributed by atoms with Crippen molar-refractivity contribution in [1.82, 2.24) is 4.90 Å². The number of halogens is 1. The van der Waals surface area contributed by atoms with E-state index < -0.39 is 28.7 Å². The Morgan fingerprint density at radius 3 is 2.61 bits per heavy atom. The number of rotatable bonds is 7. The number of esters is 1. The third-order valence-electron chi connectivity index (χ3n) is 3.93. The van der Waals surface area contributed by atoms with Gasteiger partial charge in [-0.15, -0.1) is 11.8 Å². The quantitative estimate of drug-likeness (QED) is 0.302. The monoisotopic (exact) mass is 406 g/mol. The zero-order valence-electron chi connectivity index (χ0n) is 15.5. The average Bonchev–Trinajstić information content (AvgIpc) is 2.66. The summed E-state index contributed by atoms with van der Waals surface area (Å²) in [6.45, 7) is 1.55. The van der Waals surface area contributed by atoms with Crippen LogP contribution in [0.25, 0.3) is 0 Å². The molecular formula is C19H19FN2O5S. The first-order valence-corrected chi connectivity index (χ1v) is 9.48. The highest BCUT2D eigenvalue weighted by Gasteiger charge is 2.24. The fourth-order valence-corrected chi connectivity index (χ4v) is 3.08. The van der Waals surface area contributed by atoms with Crippen LogP contribution in [0.15, 0.2) is 47.4 Å². The zero-order valence-corrected chi connectivity index (χ0v) is 16.4. The van der Waals surface area contributed by atoms with Gasteiger partial charge in [-0.3, -0.25) is 14.9 Å². The van der Waals surface area contributed by atoms with E-state index in [0.29, 0.717) is 10.5 Å². The Kier molecular flexibility index (Phi) is 7.11. The normalized spacial score (nSPS) is 11.6. The Bertz CT molecular complexity index is 906. The summed E-state index contributed by atoms with van der Waals surface area (Å²) < 4.78 is 18.4. The molecule has 0 radical (unpaired) electrons. The molecule has 0 heterocycles. The maximum Gasteiger partial charge on any atom is 0.339 e. The van der Waals surface area contributed by atoms with Gasteiger partial charge in [-0.1, -0.05) is 12.1 Å². The number of benzene rings is 2. The van der Waals surface area contributed by atoms with Crippen molar-refractivity contribution < 1.29 is 23.6 Å². The third kappa shape index (κ3) is 5.29. The lowest BCUT2D eigenvalue weighted by Gasteiger charge is -2.21. The fraction of sp³-hybridized carbons (Fsp3) is 0.263. The lowest BCUT2D eigenvalue weighted by atomic mass is 10.2. The van der Waals surface area contributed by atoms with E-state index in [1.807, 2.05) is 0 Å². The largest absolute Gasteiger partial charge is 0.449 e. The van der Waals surface area contributed by atoms with Crippen LogP contribution >= 0.6 is 11.8 Å². The van der Waals surface area contributed by atoms with Crippen molar-refractivity contribution >= 4 is 29.3 Å². The van der Waals surface area contributed by atoms with Crippen molar-refractivity contribution in [2.45, 2.75) is 24.5 Å². The van der Waals surface area contributed by atoms with Crippen molar-refractivity contribution in [1.29, 1.82) is 0 Å². The zero-order chi connectivity index (χ0) is 20.8. The van der Waals surface area contributed by atoms with E-state index in [1.54, 1.807) is 12.3 Å². The summed E-state index contributed by atoms with van der Waals surface area (Å²) in [6.07, 6.45) is 0.584. The van der Waals surface area contributed by atoms with Gasteiger partial charge in [0.25, 0.3) is 11.6 Å². The first kappa shape index (κ1) is 21.4. The lowest BCUT2D eigenvalue weighted by Crippen LogP contribution is -2.37. The molecule has 0 unspecified atom stereocenters. The Balaban J connectivity index is 2.05. The molecule has 2 aromatic rings. The average molecular weight is 406 g/mol. The van der Waals surface area contributed by atoms with Gasteiger partial charge in [0.15, 0.2) is 6.10 Å². The molecule has 2 rings (SSSR count). The molecule has 0 aliphatic heterocycles. The van der Waals surface area contributed by atoms with Crippen LogP contribution in [0.4, 0.5) is 10.1 Å². The molecule has 0 saturated heterocycles. The van der Waals surface area contributed by atoms with Gasteiger partial charge in [0, 0.05) is 19.7 Å². The van der Waals surface area contributed by atoms with E-state index in [4.69, 9.17) is 4.74 Å². The Labute approximate surface area is 165 Å². The van der Waals surface area contributed by atoms with Crippen LogP contribution in [-0.4, -0.2) is 41.1 Å². The van der Waals surface area contributed by atoms with Crippen molar-refractivity contribution in [3.63, 3.8) is 0 Å². The minimum atomic E-state index is -1.11. The molecule has 9 heteroatoms. The number of nitro groups is 1. The second kappa shape index (κ2) is 9.32. The molecule has 0 N–H and O–H groups in total. The molecule has 0 aliphatic rings. The number of thioether (sulfide) groups is 1. The maximum atomic E-state index is 13.3. The van der Waals surface area contributed by atoms with Crippen LogP contribution in [0.2, 0.25) is 0 Å². The highest BCUT2D eigenvalue weighted by Crippen LogP contribution is 2.28. The summed E-state index contributed by atoms with van der Waals surface area (Å²) in [6, 6.07) is 9.83. The first-order valence-electron chi connectivity index (χ1n) is 8.25. The number of nitro benzene ring substituents is 1. The standard InChI is InChI=1S/C19H19FN2O5S/c1-12(18(23)21(2)11-13-5-4-6-15(20)9-13)27-19(24)14-7-8-17(28-3)16(10-14)22(25)26/h4-10,12H,11H2,1-3H3/t12-/m1/s1. The minimum Gasteiger partial charge on any atom is -0.449 e. The van der Waals surface area contributed by atoms with Gasteiger partial charge in [-0.25, -0.2) is 9.18 Å². The number of nitrogens with zero attached hydrogens (tertiary/aromatic N) is 2. The molecule has 0 saturated carbocycles. The summed E-state index contributed by atoms with van der Waals surface area (Å²) >= 11 is 1.19. The molecule has 0 aliphatic carbocycles. The van der Waals surface area contributed by atoms with Crippen LogP contribution in [-0.2, 0) is 16.1 Å². The smallest absolute Gasteiger partial charge is 0.339 e. The molecule has 0 aromatic heterocycles. The number of carbonyl (C=O) groups excluding carboxylic acids is 2. The SMILES string of the molecule is CSc1ccc(C(=O)O[C@H](C)C(=O)N(C)Cc2cccc(F)c2)cc1[N+](=O)[O-]. The minimum absolute atomic E-state index is 0.0167. The molecular weight excluding hydrogens is 387 g/mol. The number of carbonyl (C=O) groups is 2. The van der Waals surface area contributed by atoms with Crippen LogP contribution in [0.1, 0.15) is 22.8 Å². The fourth-order valence-electron chi connectivity index (χ4n) is 2.54. The molecule has 1 atom stereocenters. The lowest BCUT2D eigenvalue weighted by molar-refractivity contribution is -0.387. The molecule has 0 spiro atoms. The molecule has 0 bridgehead atoms. The van der Waals surface area contributed by atoms with E-state index in [2.05, 4.69) is 0 Å². The third-order valence-corrected chi connectivity index (χ3v) is 4.71. The van der Waals surface area contributed by atoms with Crippen LogP contribution < -0.4 is 0 Å².